The molecular weight excluding hydrogens is 364 g/mol. The number of carbonyl (C=O) groups is 2. The van der Waals surface area contributed by atoms with E-state index in [9.17, 15) is 14.4 Å². The first-order valence-electron chi connectivity index (χ1n) is 8.85. The highest BCUT2D eigenvalue weighted by Crippen LogP contribution is 2.16. The summed E-state index contributed by atoms with van der Waals surface area (Å²) in [6, 6.07) is 8.21. The number of aromatic nitrogens is 3. The summed E-state index contributed by atoms with van der Waals surface area (Å²) in [6.07, 6.45) is -0.424. The molecule has 0 bridgehead atoms. The fraction of sp³-hybridized carbons (Fsp3) is 0.316. The zero-order chi connectivity index (χ0) is 20.3. The van der Waals surface area contributed by atoms with Crippen molar-refractivity contribution in [2.24, 2.45) is 0 Å². The minimum atomic E-state index is -1.10. The number of esters is 1. The number of anilines is 1. The predicted molar refractivity (Wildman–Crippen MR) is 101 cm³/mol. The van der Waals surface area contributed by atoms with Gasteiger partial charge in [0.2, 0.25) is 0 Å². The molecule has 1 amide bonds. The van der Waals surface area contributed by atoms with Crippen molar-refractivity contribution in [3.05, 3.63) is 52.1 Å². The van der Waals surface area contributed by atoms with Crippen molar-refractivity contribution >= 4 is 28.5 Å². The quantitative estimate of drug-likeness (QED) is 0.648. The lowest BCUT2D eigenvalue weighted by molar-refractivity contribution is -0.123. The monoisotopic (exact) mass is 384 g/mol. The van der Waals surface area contributed by atoms with E-state index in [1.54, 1.807) is 37.3 Å². The molecule has 0 aliphatic carbocycles. The summed E-state index contributed by atoms with van der Waals surface area (Å²) in [4.78, 5) is 37.4. The van der Waals surface area contributed by atoms with Crippen LogP contribution in [0.15, 0.2) is 39.6 Å². The van der Waals surface area contributed by atoms with Gasteiger partial charge >= 0.3 is 5.97 Å². The van der Waals surface area contributed by atoms with Gasteiger partial charge in [0.15, 0.2) is 17.6 Å². The van der Waals surface area contributed by atoms with E-state index in [4.69, 9.17) is 9.26 Å². The van der Waals surface area contributed by atoms with Gasteiger partial charge in [-0.1, -0.05) is 30.3 Å². The van der Waals surface area contributed by atoms with Crippen molar-refractivity contribution in [2.45, 2.75) is 39.8 Å². The van der Waals surface area contributed by atoms with E-state index in [1.165, 1.54) is 11.6 Å². The maximum Gasteiger partial charge on any atom is 0.360 e. The summed E-state index contributed by atoms with van der Waals surface area (Å²) in [5.41, 5.74) is -0.290. The van der Waals surface area contributed by atoms with Crippen LogP contribution in [0.25, 0.3) is 10.8 Å². The predicted octanol–water partition coefficient (Wildman–Crippen LogP) is 2.29. The molecule has 0 aliphatic rings. The molecule has 1 atom stereocenters. The molecule has 0 saturated heterocycles. The van der Waals surface area contributed by atoms with Crippen LogP contribution in [0, 0.1) is 6.92 Å². The van der Waals surface area contributed by atoms with Crippen molar-refractivity contribution in [3.63, 3.8) is 0 Å². The Hall–Kier alpha value is -3.49. The highest BCUT2D eigenvalue weighted by molar-refractivity contribution is 6.03. The van der Waals surface area contributed by atoms with Crippen LogP contribution in [0.1, 0.15) is 36.5 Å². The third kappa shape index (κ3) is 3.93. The zero-order valence-corrected chi connectivity index (χ0v) is 15.8. The summed E-state index contributed by atoms with van der Waals surface area (Å²) in [5, 5.41) is 11.1. The van der Waals surface area contributed by atoms with Crippen molar-refractivity contribution in [2.75, 3.05) is 5.32 Å². The van der Waals surface area contributed by atoms with Crippen LogP contribution in [-0.2, 0) is 16.1 Å². The molecule has 1 aromatic carbocycles. The minimum absolute atomic E-state index is 0.0134. The molecular formula is C19H20N4O5. The van der Waals surface area contributed by atoms with Crippen LogP contribution in [0.3, 0.4) is 0 Å². The van der Waals surface area contributed by atoms with Crippen molar-refractivity contribution in [1.29, 1.82) is 0 Å². The van der Waals surface area contributed by atoms with E-state index in [2.05, 4.69) is 15.6 Å². The number of ether oxygens (including phenoxy) is 1. The van der Waals surface area contributed by atoms with Gasteiger partial charge in [0.25, 0.3) is 11.5 Å². The third-order valence-electron chi connectivity index (χ3n) is 4.03. The topological polar surface area (TPSA) is 116 Å². The molecule has 9 heteroatoms. The van der Waals surface area contributed by atoms with Crippen molar-refractivity contribution < 1.29 is 18.8 Å². The first-order valence-corrected chi connectivity index (χ1v) is 8.85. The van der Waals surface area contributed by atoms with E-state index in [0.717, 1.165) is 0 Å². The fourth-order valence-electron chi connectivity index (χ4n) is 2.67. The lowest BCUT2D eigenvalue weighted by Gasteiger charge is -2.14. The second-order valence-electron chi connectivity index (χ2n) is 6.28. The highest BCUT2D eigenvalue weighted by atomic mass is 16.5. The first kappa shape index (κ1) is 19.3. The molecule has 28 heavy (non-hydrogen) atoms. The minimum Gasteiger partial charge on any atom is -0.448 e. The molecule has 0 saturated carbocycles. The Morgan fingerprint density at radius 2 is 2.00 bits per heavy atom. The van der Waals surface area contributed by atoms with Crippen molar-refractivity contribution in [1.82, 2.24) is 14.9 Å². The van der Waals surface area contributed by atoms with Gasteiger partial charge in [0.1, 0.15) is 5.76 Å². The first-order chi connectivity index (χ1) is 13.4. The number of nitrogens with zero attached hydrogens (tertiary/aromatic N) is 3. The number of amides is 1. The van der Waals surface area contributed by atoms with Crippen LogP contribution in [0.5, 0.6) is 0 Å². The standard InChI is InChI=1S/C19H20N4O5/c1-4-9-23-18(25)14-8-6-5-7-13(14)16(21-23)19(26)27-12(3)17(24)20-15-10-11(2)28-22-15/h5-8,10,12H,4,9H2,1-3H3,(H,20,22,24)/t12-/m0/s1. The van der Waals surface area contributed by atoms with Gasteiger partial charge in [-0.05, 0) is 26.3 Å². The molecule has 0 spiro atoms. The van der Waals surface area contributed by atoms with Crippen LogP contribution in [0.2, 0.25) is 0 Å². The van der Waals surface area contributed by atoms with Crippen LogP contribution < -0.4 is 10.9 Å². The molecule has 0 fully saturated rings. The van der Waals surface area contributed by atoms with Gasteiger partial charge in [-0.3, -0.25) is 9.59 Å². The third-order valence-corrected chi connectivity index (χ3v) is 4.03. The number of carbonyl (C=O) groups excluding carboxylic acids is 2. The Labute approximate surface area is 160 Å². The van der Waals surface area contributed by atoms with Gasteiger partial charge in [0.05, 0.1) is 5.39 Å². The molecule has 1 N–H and O–H groups in total. The Bertz CT molecular complexity index is 1090. The fourth-order valence-corrected chi connectivity index (χ4v) is 2.67. The average molecular weight is 384 g/mol. The smallest absolute Gasteiger partial charge is 0.360 e. The number of hydrogen-bond donors (Lipinski definition) is 1. The molecule has 3 rings (SSSR count). The van der Waals surface area contributed by atoms with E-state index >= 15 is 0 Å². The molecule has 2 aromatic heterocycles. The highest BCUT2D eigenvalue weighted by Gasteiger charge is 2.23. The summed E-state index contributed by atoms with van der Waals surface area (Å²) in [7, 11) is 0. The number of aryl methyl sites for hydroxylation is 2. The average Bonchev–Trinajstić information content (AvgIpc) is 3.08. The maximum atomic E-state index is 12.7. The molecule has 146 valence electrons. The largest absolute Gasteiger partial charge is 0.448 e. The van der Waals surface area contributed by atoms with Gasteiger partial charge in [-0.15, -0.1) is 0 Å². The molecule has 3 aromatic rings. The number of fused-ring (bicyclic) bond motifs is 1. The Kier molecular flexibility index (Phi) is 5.53. The van der Waals surface area contributed by atoms with Gasteiger partial charge < -0.3 is 14.6 Å². The molecule has 0 radical (unpaired) electrons. The number of hydrogen-bond acceptors (Lipinski definition) is 7. The Balaban J connectivity index is 1.85. The summed E-state index contributed by atoms with van der Waals surface area (Å²) < 4.78 is 11.4. The van der Waals surface area contributed by atoms with E-state index in [0.29, 0.717) is 29.5 Å². The normalized spacial score (nSPS) is 12.0. The second-order valence-corrected chi connectivity index (χ2v) is 6.28. The number of rotatable bonds is 6. The lowest BCUT2D eigenvalue weighted by Crippen LogP contribution is -2.32. The number of benzene rings is 1. The van der Waals surface area contributed by atoms with E-state index in [1.807, 2.05) is 6.92 Å². The Morgan fingerprint density at radius 3 is 2.64 bits per heavy atom. The van der Waals surface area contributed by atoms with E-state index in [-0.39, 0.29) is 17.1 Å². The van der Waals surface area contributed by atoms with Gasteiger partial charge in [-0.25, -0.2) is 9.48 Å². The second kappa shape index (κ2) is 8.03. The Morgan fingerprint density at radius 1 is 1.29 bits per heavy atom. The zero-order valence-electron chi connectivity index (χ0n) is 15.8. The van der Waals surface area contributed by atoms with Crippen molar-refractivity contribution in [3.8, 4) is 0 Å². The molecule has 0 aliphatic heterocycles. The molecule has 9 nitrogen and oxygen atoms in total. The SMILES string of the molecule is CCCn1nc(C(=O)O[C@@H](C)C(=O)Nc2cc(C)on2)c2ccccc2c1=O. The van der Waals surface area contributed by atoms with Gasteiger partial charge in [-0.2, -0.15) is 5.10 Å². The molecule has 0 unspecified atom stereocenters. The van der Waals surface area contributed by atoms with E-state index < -0.39 is 18.0 Å². The molecule has 2 heterocycles. The van der Waals surface area contributed by atoms with Crippen LogP contribution >= 0.6 is 0 Å². The van der Waals surface area contributed by atoms with Crippen LogP contribution in [0.4, 0.5) is 5.82 Å². The number of nitrogens with one attached hydrogen (secondary N) is 1. The summed E-state index contributed by atoms with van der Waals surface area (Å²) in [6.45, 7) is 5.39. The summed E-state index contributed by atoms with van der Waals surface area (Å²) in [5.74, 6) is -0.591. The maximum absolute atomic E-state index is 12.7. The van der Waals surface area contributed by atoms with Crippen LogP contribution in [-0.4, -0.2) is 32.9 Å². The lowest BCUT2D eigenvalue weighted by atomic mass is 10.1. The summed E-state index contributed by atoms with van der Waals surface area (Å²) >= 11 is 0. The van der Waals surface area contributed by atoms with Gasteiger partial charge in [0, 0.05) is 18.0 Å².